The monoisotopic (exact) mass is 386 g/mol. The number of rotatable bonds is 6. The van der Waals surface area contributed by atoms with Crippen LogP contribution in [0.2, 0.25) is 0 Å². The van der Waals surface area contributed by atoms with Crippen LogP contribution in [0.15, 0.2) is 55.0 Å². The van der Waals surface area contributed by atoms with E-state index in [0.29, 0.717) is 30.1 Å². The van der Waals surface area contributed by atoms with E-state index in [9.17, 15) is 0 Å². The van der Waals surface area contributed by atoms with Crippen LogP contribution >= 0.6 is 0 Å². The fourth-order valence-corrected chi connectivity index (χ4v) is 3.69. The van der Waals surface area contributed by atoms with E-state index in [-0.39, 0.29) is 0 Å². The molecule has 146 valence electrons. The fourth-order valence-electron chi connectivity index (χ4n) is 3.69. The number of pyridine rings is 1. The number of aromatic amines is 1. The topological polar surface area (TPSA) is 72.9 Å². The molecule has 0 amide bonds. The number of hydrogen-bond acceptors (Lipinski definition) is 5. The maximum atomic E-state index is 6.18. The van der Waals surface area contributed by atoms with E-state index in [1.54, 1.807) is 13.3 Å². The third kappa shape index (κ3) is 3.53. The van der Waals surface area contributed by atoms with Gasteiger partial charge in [-0.1, -0.05) is 6.07 Å². The number of methoxy groups -OCH3 is 1. The van der Waals surface area contributed by atoms with Crippen LogP contribution in [-0.2, 0) is 0 Å². The van der Waals surface area contributed by atoms with Gasteiger partial charge in [-0.05, 0) is 54.6 Å². The molecule has 1 aliphatic carbocycles. The van der Waals surface area contributed by atoms with Crippen LogP contribution in [0.25, 0.3) is 22.0 Å². The molecule has 1 fully saturated rings. The van der Waals surface area contributed by atoms with E-state index in [4.69, 9.17) is 9.47 Å². The summed E-state index contributed by atoms with van der Waals surface area (Å²) in [5, 5.41) is 1.15. The number of nitrogens with zero attached hydrogens (tertiary/aromatic N) is 3. The van der Waals surface area contributed by atoms with Gasteiger partial charge in [0.15, 0.2) is 0 Å². The van der Waals surface area contributed by atoms with Gasteiger partial charge in [-0.15, -0.1) is 0 Å². The number of ether oxygens (including phenoxy) is 2. The molecule has 3 aromatic heterocycles. The minimum absolute atomic E-state index is 0.434. The molecule has 0 aliphatic heterocycles. The first-order valence-corrected chi connectivity index (χ1v) is 9.75. The minimum Gasteiger partial charge on any atom is -0.495 e. The molecule has 6 heteroatoms. The van der Waals surface area contributed by atoms with Gasteiger partial charge in [-0.25, -0.2) is 4.98 Å². The Bertz CT molecular complexity index is 1150. The number of nitrogens with one attached hydrogen (secondary N) is 1. The summed E-state index contributed by atoms with van der Waals surface area (Å²) in [4.78, 5) is 16.7. The van der Waals surface area contributed by atoms with Gasteiger partial charge < -0.3 is 14.5 Å². The van der Waals surface area contributed by atoms with E-state index < -0.39 is 0 Å². The lowest BCUT2D eigenvalue weighted by atomic mass is 10.1. The van der Waals surface area contributed by atoms with E-state index >= 15 is 0 Å². The van der Waals surface area contributed by atoms with Gasteiger partial charge in [0.2, 0.25) is 5.88 Å². The Morgan fingerprint density at radius 2 is 2.03 bits per heavy atom. The Labute approximate surface area is 169 Å². The van der Waals surface area contributed by atoms with Crippen LogP contribution in [-0.4, -0.2) is 33.7 Å². The predicted molar refractivity (Wildman–Crippen MR) is 111 cm³/mol. The van der Waals surface area contributed by atoms with E-state index in [1.807, 2.05) is 31.5 Å². The zero-order valence-corrected chi connectivity index (χ0v) is 16.4. The normalized spacial score (nSPS) is 18.0. The van der Waals surface area contributed by atoms with Crippen molar-refractivity contribution in [3.05, 3.63) is 66.5 Å². The second kappa shape index (κ2) is 7.20. The molecule has 0 spiro atoms. The molecule has 2 atom stereocenters. The molecular weight excluding hydrogens is 364 g/mol. The highest BCUT2D eigenvalue weighted by atomic mass is 16.5. The highest BCUT2D eigenvalue weighted by molar-refractivity contribution is 5.85. The molecule has 0 radical (unpaired) electrons. The molecular formula is C23H22N4O2. The summed E-state index contributed by atoms with van der Waals surface area (Å²) in [6, 6.07) is 12.3. The number of benzene rings is 1. The second-order valence-corrected chi connectivity index (χ2v) is 7.45. The van der Waals surface area contributed by atoms with Gasteiger partial charge in [0.1, 0.15) is 11.6 Å². The quantitative estimate of drug-likeness (QED) is 0.527. The van der Waals surface area contributed by atoms with Crippen LogP contribution < -0.4 is 9.47 Å². The summed E-state index contributed by atoms with van der Waals surface area (Å²) in [6.07, 6.45) is 6.64. The van der Waals surface area contributed by atoms with Crippen molar-refractivity contribution in [2.24, 2.45) is 5.92 Å². The van der Waals surface area contributed by atoms with Gasteiger partial charge in [0, 0.05) is 35.4 Å². The molecule has 1 saturated carbocycles. The van der Waals surface area contributed by atoms with Crippen LogP contribution in [0.5, 0.6) is 11.6 Å². The Morgan fingerprint density at radius 1 is 1.10 bits per heavy atom. The highest BCUT2D eigenvalue weighted by Crippen LogP contribution is 2.47. The van der Waals surface area contributed by atoms with Gasteiger partial charge in [-0.3, -0.25) is 4.98 Å². The van der Waals surface area contributed by atoms with Crippen molar-refractivity contribution in [1.29, 1.82) is 0 Å². The summed E-state index contributed by atoms with van der Waals surface area (Å²) in [5.41, 5.74) is 4.17. The summed E-state index contributed by atoms with van der Waals surface area (Å²) >= 11 is 0. The van der Waals surface area contributed by atoms with Crippen molar-refractivity contribution in [3.63, 3.8) is 0 Å². The zero-order chi connectivity index (χ0) is 19.8. The molecule has 5 rings (SSSR count). The van der Waals surface area contributed by atoms with Crippen LogP contribution in [0.1, 0.15) is 23.9 Å². The van der Waals surface area contributed by atoms with Gasteiger partial charge >= 0.3 is 0 Å². The molecule has 0 saturated heterocycles. The van der Waals surface area contributed by atoms with E-state index in [0.717, 1.165) is 39.9 Å². The molecule has 3 heterocycles. The molecule has 1 aliphatic rings. The van der Waals surface area contributed by atoms with Gasteiger partial charge in [-0.2, -0.15) is 4.98 Å². The van der Waals surface area contributed by atoms with Crippen molar-refractivity contribution < 1.29 is 9.47 Å². The Hall–Kier alpha value is -3.41. The summed E-state index contributed by atoms with van der Waals surface area (Å²) in [7, 11) is 1.65. The predicted octanol–water partition coefficient (Wildman–Crippen LogP) is 4.52. The van der Waals surface area contributed by atoms with Gasteiger partial charge in [0.25, 0.3) is 0 Å². The Kier molecular flexibility index (Phi) is 4.39. The SMILES string of the molecule is COc1ccc([C@H]2C[C@@H]2COc2nc(C)ncc2-c2ccc3[nH]ccc3c2)nc1. The third-order valence-electron chi connectivity index (χ3n) is 5.47. The number of hydrogen-bond donors (Lipinski definition) is 1. The lowest BCUT2D eigenvalue weighted by Crippen LogP contribution is -2.05. The second-order valence-electron chi connectivity index (χ2n) is 7.45. The van der Waals surface area contributed by atoms with Crippen molar-refractivity contribution in [2.75, 3.05) is 13.7 Å². The van der Waals surface area contributed by atoms with Crippen LogP contribution in [0, 0.1) is 12.8 Å². The zero-order valence-electron chi connectivity index (χ0n) is 16.4. The maximum absolute atomic E-state index is 6.18. The smallest absolute Gasteiger partial charge is 0.224 e. The first kappa shape index (κ1) is 17.7. The number of aromatic nitrogens is 4. The number of fused-ring (bicyclic) bond motifs is 1. The fraction of sp³-hybridized carbons (Fsp3) is 0.261. The van der Waals surface area contributed by atoms with Crippen molar-refractivity contribution >= 4 is 10.9 Å². The minimum atomic E-state index is 0.434. The number of H-pyrrole nitrogens is 1. The molecule has 6 nitrogen and oxygen atoms in total. The average Bonchev–Trinajstić information content (AvgIpc) is 3.38. The standard InChI is InChI=1S/C23H22N4O2/c1-14-25-12-20(15-3-5-21-16(9-15)7-8-24-21)23(27-14)29-13-17-10-19(17)22-6-4-18(28-2)11-26-22/h3-9,11-12,17,19,24H,10,13H2,1-2H3/t17-,19+/m1/s1. The molecule has 29 heavy (non-hydrogen) atoms. The third-order valence-corrected chi connectivity index (χ3v) is 5.47. The van der Waals surface area contributed by atoms with Crippen LogP contribution in [0.4, 0.5) is 0 Å². The highest BCUT2D eigenvalue weighted by Gasteiger charge is 2.40. The summed E-state index contributed by atoms with van der Waals surface area (Å²) < 4.78 is 11.4. The first-order chi connectivity index (χ1) is 14.2. The van der Waals surface area contributed by atoms with Crippen molar-refractivity contribution in [1.82, 2.24) is 19.9 Å². The summed E-state index contributed by atoms with van der Waals surface area (Å²) in [5.74, 6) is 3.01. The molecule has 1 aromatic carbocycles. The van der Waals surface area contributed by atoms with Gasteiger partial charge in [0.05, 0.1) is 25.5 Å². The Balaban J connectivity index is 1.33. The van der Waals surface area contributed by atoms with E-state index in [2.05, 4.69) is 44.2 Å². The van der Waals surface area contributed by atoms with Crippen molar-refractivity contribution in [3.8, 4) is 22.8 Å². The van der Waals surface area contributed by atoms with E-state index in [1.165, 1.54) is 0 Å². The molecule has 4 aromatic rings. The molecule has 0 unspecified atom stereocenters. The molecule has 0 bridgehead atoms. The number of aryl methyl sites for hydroxylation is 1. The lowest BCUT2D eigenvalue weighted by molar-refractivity contribution is 0.285. The molecule has 1 N–H and O–H groups in total. The average molecular weight is 386 g/mol. The largest absolute Gasteiger partial charge is 0.495 e. The lowest BCUT2D eigenvalue weighted by Gasteiger charge is -2.11. The first-order valence-electron chi connectivity index (χ1n) is 9.75. The van der Waals surface area contributed by atoms with Crippen LogP contribution in [0.3, 0.4) is 0 Å². The summed E-state index contributed by atoms with van der Waals surface area (Å²) in [6.45, 7) is 2.50. The van der Waals surface area contributed by atoms with Crippen molar-refractivity contribution in [2.45, 2.75) is 19.3 Å². The maximum Gasteiger partial charge on any atom is 0.224 e. The Morgan fingerprint density at radius 3 is 2.86 bits per heavy atom.